The third-order valence-electron chi connectivity index (χ3n) is 9.66. The molecular formula is C42H46. The molecule has 0 nitrogen and oxygen atoms in total. The van der Waals surface area contributed by atoms with Crippen LogP contribution in [0.15, 0.2) is 96.1 Å². The van der Waals surface area contributed by atoms with Crippen LogP contribution in [0.3, 0.4) is 0 Å². The van der Waals surface area contributed by atoms with Crippen molar-refractivity contribution in [1.82, 2.24) is 0 Å². The Morgan fingerprint density at radius 3 is 1.19 bits per heavy atom. The minimum Gasteiger partial charge on any atom is -0.0645 e. The molecule has 4 aromatic carbocycles. The van der Waals surface area contributed by atoms with Crippen molar-refractivity contribution in [1.29, 1.82) is 0 Å². The quantitative estimate of drug-likeness (QED) is 0.237. The summed E-state index contributed by atoms with van der Waals surface area (Å²) in [6.45, 7) is 20.9. The van der Waals surface area contributed by atoms with Crippen molar-refractivity contribution in [2.24, 2.45) is 5.92 Å². The zero-order valence-corrected chi connectivity index (χ0v) is 27.1. The molecule has 2 aliphatic rings. The molecule has 0 bridgehead atoms. The van der Waals surface area contributed by atoms with E-state index < -0.39 is 0 Å². The molecule has 0 atom stereocenters. The Balaban J connectivity index is 1.44. The topological polar surface area (TPSA) is 0 Å². The molecule has 4 aromatic rings. The Morgan fingerprint density at radius 1 is 0.500 bits per heavy atom. The second-order valence-electron chi connectivity index (χ2n) is 14.8. The monoisotopic (exact) mass is 550 g/mol. The summed E-state index contributed by atoms with van der Waals surface area (Å²) in [6, 6.07) is 32.5. The summed E-state index contributed by atoms with van der Waals surface area (Å²) in [5.41, 5.74) is 20.4. The van der Waals surface area contributed by atoms with Gasteiger partial charge in [-0.2, -0.15) is 0 Å². The number of benzene rings is 4. The first-order valence-electron chi connectivity index (χ1n) is 15.7. The molecule has 0 spiro atoms. The maximum atomic E-state index is 2.46. The highest BCUT2D eigenvalue weighted by Gasteiger charge is 2.33. The summed E-state index contributed by atoms with van der Waals surface area (Å²) < 4.78 is 0. The molecule has 0 unspecified atom stereocenters. The molecule has 0 saturated heterocycles. The van der Waals surface area contributed by atoms with Crippen LogP contribution < -0.4 is 0 Å². The lowest BCUT2D eigenvalue weighted by atomic mass is 9.79. The second kappa shape index (κ2) is 10.3. The van der Waals surface area contributed by atoms with Gasteiger partial charge in [-0.05, 0) is 104 Å². The summed E-state index contributed by atoms with van der Waals surface area (Å²) in [4.78, 5) is 0. The molecular weight excluding hydrogens is 504 g/mol. The van der Waals surface area contributed by atoms with Gasteiger partial charge in [-0.25, -0.2) is 0 Å². The highest BCUT2D eigenvalue weighted by molar-refractivity contribution is 5.98. The zero-order valence-electron chi connectivity index (χ0n) is 27.1. The molecule has 0 heterocycles. The van der Waals surface area contributed by atoms with Gasteiger partial charge < -0.3 is 0 Å². The van der Waals surface area contributed by atoms with Crippen LogP contribution in [0.2, 0.25) is 0 Å². The summed E-state index contributed by atoms with van der Waals surface area (Å²) in [6.07, 6.45) is 2.08. The molecule has 0 aliphatic heterocycles. The van der Waals surface area contributed by atoms with E-state index in [4.69, 9.17) is 0 Å². The van der Waals surface area contributed by atoms with Gasteiger partial charge in [-0.15, -0.1) is 0 Å². The molecule has 0 saturated carbocycles. The fourth-order valence-corrected chi connectivity index (χ4v) is 7.42. The van der Waals surface area contributed by atoms with Gasteiger partial charge in [0.05, 0.1) is 0 Å². The highest BCUT2D eigenvalue weighted by Crippen LogP contribution is 2.51. The van der Waals surface area contributed by atoms with Gasteiger partial charge in [-0.3, -0.25) is 0 Å². The Bertz CT molecular complexity index is 1590. The average molecular weight is 551 g/mol. The van der Waals surface area contributed by atoms with Crippen LogP contribution in [0.1, 0.15) is 95.7 Å². The van der Waals surface area contributed by atoms with Crippen LogP contribution in [-0.2, 0) is 23.7 Å². The van der Waals surface area contributed by atoms with E-state index in [0.717, 1.165) is 12.8 Å². The summed E-state index contributed by atoms with van der Waals surface area (Å²) in [5.74, 6) is 0.317. The molecule has 2 aliphatic carbocycles. The number of allylic oxidation sites excluding steroid dienone is 4. The van der Waals surface area contributed by atoms with Gasteiger partial charge in [0.1, 0.15) is 0 Å². The zero-order chi connectivity index (χ0) is 30.0. The lowest BCUT2D eigenvalue weighted by Gasteiger charge is -2.24. The van der Waals surface area contributed by atoms with Crippen LogP contribution in [0.5, 0.6) is 0 Å². The molecule has 0 fully saturated rings. The smallest absolute Gasteiger partial charge is 0.00726 e. The molecule has 6 rings (SSSR count). The first-order valence-corrected chi connectivity index (χ1v) is 15.7. The Hall–Kier alpha value is -3.64. The van der Waals surface area contributed by atoms with Crippen molar-refractivity contribution >= 4 is 11.1 Å². The summed E-state index contributed by atoms with van der Waals surface area (Å²) in [7, 11) is 0. The van der Waals surface area contributed by atoms with Crippen LogP contribution in [-0.4, -0.2) is 0 Å². The van der Waals surface area contributed by atoms with E-state index in [1.165, 1.54) is 77.9 Å². The van der Waals surface area contributed by atoms with Crippen molar-refractivity contribution in [3.05, 3.63) is 129 Å². The van der Waals surface area contributed by atoms with Crippen LogP contribution in [0, 0.1) is 5.92 Å². The Labute approximate surface area is 254 Å². The Kier molecular flexibility index (Phi) is 6.96. The summed E-state index contributed by atoms with van der Waals surface area (Å²) >= 11 is 0. The molecule has 42 heavy (non-hydrogen) atoms. The van der Waals surface area contributed by atoms with Crippen LogP contribution in [0.25, 0.3) is 33.4 Å². The normalized spacial score (nSPS) is 15.1. The third-order valence-corrected chi connectivity index (χ3v) is 9.66. The first kappa shape index (κ1) is 28.5. The predicted molar refractivity (Wildman–Crippen MR) is 183 cm³/mol. The minimum absolute atomic E-state index is 0.151. The molecule has 0 aromatic heterocycles. The van der Waals surface area contributed by atoms with E-state index in [1.807, 2.05) is 0 Å². The molecule has 0 amide bonds. The average Bonchev–Trinajstić information content (AvgIpc) is 3.47. The maximum absolute atomic E-state index is 2.46. The van der Waals surface area contributed by atoms with Crippen molar-refractivity contribution in [2.75, 3.05) is 0 Å². The minimum atomic E-state index is 0.151. The van der Waals surface area contributed by atoms with Gasteiger partial charge in [0.15, 0.2) is 0 Å². The van der Waals surface area contributed by atoms with Gasteiger partial charge in [-0.1, -0.05) is 145 Å². The lowest BCUT2D eigenvalue weighted by molar-refractivity contribution is 0.590. The van der Waals surface area contributed by atoms with Gasteiger partial charge in [0.25, 0.3) is 0 Å². The third kappa shape index (κ3) is 4.90. The van der Waals surface area contributed by atoms with Gasteiger partial charge in [0, 0.05) is 5.92 Å². The molecule has 214 valence electrons. The number of hydrogen-bond acceptors (Lipinski definition) is 0. The van der Waals surface area contributed by atoms with Gasteiger partial charge >= 0.3 is 0 Å². The SMILES string of the molecule is CC1=C(C(C)C2=C(C)Cc3cccc(-c4ccc(C(C)(C)C)cc4)c32)c2c(cccc2-c2ccc(C(C)(C)C)cc2)C1. The summed E-state index contributed by atoms with van der Waals surface area (Å²) in [5, 5.41) is 0. The van der Waals surface area contributed by atoms with E-state index in [2.05, 4.69) is 147 Å². The van der Waals surface area contributed by atoms with E-state index in [9.17, 15) is 0 Å². The van der Waals surface area contributed by atoms with Crippen LogP contribution in [0.4, 0.5) is 0 Å². The molecule has 0 radical (unpaired) electrons. The van der Waals surface area contributed by atoms with E-state index in [1.54, 1.807) is 0 Å². The van der Waals surface area contributed by atoms with Gasteiger partial charge in [0.2, 0.25) is 0 Å². The highest BCUT2D eigenvalue weighted by atomic mass is 14.4. The van der Waals surface area contributed by atoms with E-state index >= 15 is 0 Å². The van der Waals surface area contributed by atoms with Crippen molar-refractivity contribution in [2.45, 2.75) is 86.0 Å². The number of hydrogen-bond donors (Lipinski definition) is 0. The van der Waals surface area contributed by atoms with Crippen molar-refractivity contribution in [3.63, 3.8) is 0 Å². The van der Waals surface area contributed by atoms with Crippen LogP contribution >= 0.6 is 0 Å². The fraction of sp³-hybridized carbons (Fsp3) is 0.333. The molecule has 0 N–H and O–H groups in total. The number of fused-ring (bicyclic) bond motifs is 2. The number of rotatable bonds is 4. The second-order valence-corrected chi connectivity index (χ2v) is 14.8. The van der Waals surface area contributed by atoms with E-state index in [-0.39, 0.29) is 10.8 Å². The Morgan fingerprint density at radius 2 is 0.857 bits per heavy atom. The van der Waals surface area contributed by atoms with Crippen molar-refractivity contribution < 1.29 is 0 Å². The first-order chi connectivity index (χ1) is 19.8. The maximum Gasteiger partial charge on any atom is 0.00726 e. The lowest BCUT2D eigenvalue weighted by Crippen LogP contribution is -2.10. The fourth-order valence-electron chi connectivity index (χ4n) is 7.42. The van der Waals surface area contributed by atoms with E-state index in [0.29, 0.717) is 5.92 Å². The largest absolute Gasteiger partial charge is 0.0645 e. The predicted octanol–water partition coefficient (Wildman–Crippen LogP) is 11.6. The molecule has 0 heteroatoms. The standard InChI is InChI=1S/C42H46/c1-26-24-31-12-10-14-35(29-16-20-33(21-17-29)41(4,5)6)39(31)37(26)28(3)38-27(2)25-32-13-11-15-36(40(32)38)30-18-22-34(23-19-30)42(7,8)9/h10-23,28H,24-25H2,1-9H3. The van der Waals surface area contributed by atoms with Crippen molar-refractivity contribution in [3.8, 4) is 22.3 Å².